The number of piperazine rings is 1. The highest BCUT2D eigenvalue weighted by molar-refractivity contribution is 5.28. The fourth-order valence-corrected chi connectivity index (χ4v) is 3.37. The molecule has 0 aromatic heterocycles. The summed E-state index contributed by atoms with van der Waals surface area (Å²) in [5.41, 5.74) is 0.931. The highest BCUT2D eigenvalue weighted by Gasteiger charge is 2.29. The second-order valence-electron chi connectivity index (χ2n) is 7.89. The van der Waals surface area contributed by atoms with Gasteiger partial charge in [0, 0.05) is 57.0 Å². The second-order valence-corrected chi connectivity index (χ2v) is 7.89. The number of ether oxygens (including phenoxy) is 1. The van der Waals surface area contributed by atoms with Crippen molar-refractivity contribution < 1.29 is 14.2 Å². The Morgan fingerprint density at radius 1 is 1.29 bits per heavy atom. The van der Waals surface area contributed by atoms with Gasteiger partial charge >= 0.3 is 0 Å². The lowest BCUT2D eigenvalue weighted by Crippen LogP contribution is -2.54. The number of hydrogen-bond donors (Lipinski definition) is 1. The standard InChI is InChI=1S/C19H31FN2O2/c1-19(2,3)14-22-9-8-21(13-16(22)7-10-23)12-15-5-6-17(24-4)11-18(15)20/h5-6,11,16,23H,7-10,12-14H2,1-4H3/t16-/m1/s1. The molecule has 4 nitrogen and oxygen atoms in total. The van der Waals surface area contributed by atoms with Gasteiger partial charge in [0.15, 0.2) is 0 Å². The van der Waals surface area contributed by atoms with Gasteiger partial charge in [-0.25, -0.2) is 4.39 Å². The quantitative estimate of drug-likeness (QED) is 0.865. The SMILES string of the molecule is COc1ccc(CN2CCN(CC(C)(C)C)[C@H](CCO)C2)c(F)c1. The molecule has 136 valence electrons. The molecule has 0 amide bonds. The Kier molecular flexibility index (Phi) is 6.61. The van der Waals surface area contributed by atoms with Crippen LogP contribution in [-0.4, -0.2) is 60.8 Å². The van der Waals surface area contributed by atoms with Gasteiger partial charge in [0.1, 0.15) is 11.6 Å². The predicted molar refractivity (Wildman–Crippen MR) is 94.7 cm³/mol. The number of hydrogen-bond acceptors (Lipinski definition) is 4. The van der Waals surface area contributed by atoms with Crippen LogP contribution in [0.25, 0.3) is 0 Å². The van der Waals surface area contributed by atoms with E-state index in [1.165, 1.54) is 6.07 Å². The Morgan fingerprint density at radius 2 is 2.04 bits per heavy atom. The van der Waals surface area contributed by atoms with Crippen molar-refractivity contribution in [3.8, 4) is 5.75 Å². The van der Waals surface area contributed by atoms with Gasteiger partial charge in [0.05, 0.1) is 7.11 Å². The van der Waals surface area contributed by atoms with Gasteiger partial charge in [-0.05, 0) is 17.9 Å². The minimum atomic E-state index is -0.217. The molecule has 0 radical (unpaired) electrons. The van der Waals surface area contributed by atoms with Crippen LogP contribution in [0.2, 0.25) is 0 Å². The maximum absolute atomic E-state index is 14.2. The Labute approximate surface area is 145 Å². The lowest BCUT2D eigenvalue weighted by molar-refractivity contribution is 0.0336. The molecule has 24 heavy (non-hydrogen) atoms. The number of halogens is 1. The Hall–Kier alpha value is -1.17. The minimum Gasteiger partial charge on any atom is -0.497 e. The summed E-state index contributed by atoms with van der Waals surface area (Å²) in [7, 11) is 1.54. The van der Waals surface area contributed by atoms with Crippen LogP contribution in [0.1, 0.15) is 32.8 Å². The molecule has 1 aromatic carbocycles. The van der Waals surface area contributed by atoms with Crippen molar-refractivity contribution in [3.63, 3.8) is 0 Å². The summed E-state index contributed by atoms with van der Waals surface area (Å²) in [5, 5.41) is 9.39. The summed E-state index contributed by atoms with van der Waals surface area (Å²) >= 11 is 0. The summed E-state index contributed by atoms with van der Waals surface area (Å²) in [6.07, 6.45) is 0.762. The molecule has 0 spiro atoms. The first-order valence-electron chi connectivity index (χ1n) is 8.72. The molecule has 5 heteroatoms. The normalized spacial score (nSPS) is 20.3. The molecule has 1 heterocycles. The number of methoxy groups -OCH3 is 1. The average molecular weight is 338 g/mol. The lowest BCUT2D eigenvalue weighted by atomic mass is 9.94. The van der Waals surface area contributed by atoms with Crippen LogP contribution in [0.5, 0.6) is 5.75 Å². The first-order valence-corrected chi connectivity index (χ1v) is 8.72. The van der Waals surface area contributed by atoms with Crippen LogP contribution in [0.15, 0.2) is 18.2 Å². The van der Waals surface area contributed by atoms with Gasteiger partial charge in [-0.1, -0.05) is 26.8 Å². The summed E-state index contributed by atoms with van der Waals surface area (Å²) in [5.74, 6) is 0.328. The van der Waals surface area contributed by atoms with E-state index in [0.29, 0.717) is 23.9 Å². The number of aliphatic hydroxyl groups excluding tert-OH is 1. The smallest absolute Gasteiger partial charge is 0.131 e. The molecule has 2 rings (SSSR count). The fraction of sp³-hybridized carbons (Fsp3) is 0.684. The van der Waals surface area contributed by atoms with Gasteiger partial charge in [-0.15, -0.1) is 0 Å². The summed E-state index contributed by atoms with van der Waals surface area (Å²) < 4.78 is 19.2. The van der Waals surface area contributed by atoms with E-state index in [1.807, 2.05) is 0 Å². The molecular weight excluding hydrogens is 307 g/mol. The predicted octanol–water partition coefficient (Wildman–Crippen LogP) is 2.75. The van der Waals surface area contributed by atoms with Crippen LogP contribution in [-0.2, 0) is 6.54 Å². The zero-order chi connectivity index (χ0) is 17.7. The molecule has 1 fully saturated rings. The fourth-order valence-electron chi connectivity index (χ4n) is 3.37. The summed E-state index contributed by atoms with van der Waals surface area (Å²) in [4.78, 5) is 4.75. The molecule has 0 saturated carbocycles. The lowest BCUT2D eigenvalue weighted by Gasteiger charge is -2.44. The third kappa shape index (κ3) is 5.43. The van der Waals surface area contributed by atoms with Gasteiger partial charge in [-0.2, -0.15) is 0 Å². The van der Waals surface area contributed by atoms with Gasteiger partial charge < -0.3 is 9.84 Å². The molecule has 0 aliphatic carbocycles. The van der Waals surface area contributed by atoms with Gasteiger partial charge in [-0.3, -0.25) is 9.80 Å². The monoisotopic (exact) mass is 338 g/mol. The molecule has 1 N–H and O–H groups in total. The van der Waals surface area contributed by atoms with Gasteiger partial charge in [0.2, 0.25) is 0 Å². The molecule has 1 atom stereocenters. The van der Waals surface area contributed by atoms with E-state index in [1.54, 1.807) is 19.2 Å². The van der Waals surface area contributed by atoms with Crippen LogP contribution >= 0.6 is 0 Å². The highest BCUT2D eigenvalue weighted by Crippen LogP contribution is 2.23. The third-order valence-electron chi connectivity index (χ3n) is 4.48. The van der Waals surface area contributed by atoms with E-state index in [4.69, 9.17) is 4.74 Å². The molecule has 1 aromatic rings. The average Bonchev–Trinajstić information content (AvgIpc) is 2.51. The molecule has 1 aliphatic rings. The van der Waals surface area contributed by atoms with Crippen LogP contribution in [0.4, 0.5) is 4.39 Å². The number of rotatable bonds is 6. The van der Waals surface area contributed by atoms with Crippen LogP contribution in [0.3, 0.4) is 0 Å². The minimum absolute atomic E-state index is 0.191. The zero-order valence-corrected chi connectivity index (χ0v) is 15.4. The molecule has 1 saturated heterocycles. The Bertz CT molecular complexity index is 531. The molecule has 1 aliphatic heterocycles. The zero-order valence-electron chi connectivity index (χ0n) is 15.4. The van der Waals surface area contributed by atoms with Crippen molar-refractivity contribution >= 4 is 0 Å². The van der Waals surface area contributed by atoms with E-state index < -0.39 is 0 Å². The number of nitrogens with zero attached hydrogens (tertiary/aromatic N) is 2. The number of benzene rings is 1. The maximum atomic E-state index is 14.2. The summed E-state index contributed by atoms with van der Waals surface area (Å²) in [6.45, 7) is 11.3. The van der Waals surface area contributed by atoms with Crippen molar-refractivity contribution in [1.29, 1.82) is 0 Å². The molecule has 0 bridgehead atoms. The Morgan fingerprint density at radius 3 is 2.62 bits per heavy atom. The maximum Gasteiger partial charge on any atom is 0.131 e. The van der Waals surface area contributed by atoms with E-state index in [9.17, 15) is 9.50 Å². The first-order chi connectivity index (χ1) is 11.3. The highest BCUT2D eigenvalue weighted by atomic mass is 19.1. The largest absolute Gasteiger partial charge is 0.497 e. The second kappa shape index (κ2) is 8.28. The van der Waals surface area contributed by atoms with E-state index in [0.717, 1.165) is 32.6 Å². The molecular formula is C19H31FN2O2. The topological polar surface area (TPSA) is 35.9 Å². The van der Waals surface area contributed by atoms with E-state index in [2.05, 4.69) is 30.6 Å². The van der Waals surface area contributed by atoms with Crippen molar-refractivity contribution in [3.05, 3.63) is 29.6 Å². The third-order valence-corrected chi connectivity index (χ3v) is 4.48. The number of aliphatic hydroxyl groups is 1. The van der Waals surface area contributed by atoms with Crippen molar-refractivity contribution in [2.24, 2.45) is 5.41 Å². The summed E-state index contributed by atoms with van der Waals surface area (Å²) in [6, 6.07) is 5.37. The molecule has 0 unspecified atom stereocenters. The van der Waals surface area contributed by atoms with Crippen molar-refractivity contribution in [2.45, 2.75) is 39.8 Å². The first kappa shape index (κ1) is 19.2. The van der Waals surface area contributed by atoms with Crippen LogP contribution in [0, 0.1) is 11.2 Å². The van der Waals surface area contributed by atoms with E-state index >= 15 is 0 Å². The van der Waals surface area contributed by atoms with Gasteiger partial charge in [0.25, 0.3) is 0 Å². The Balaban J connectivity index is 2.01. The van der Waals surface area contributed by atoms with E-state index in [-0.39, 0.29) is 17.8 Å². The van der Waals surface area contributed by atoms with Crippen molar-refractivity contribution in [2.75, 3.05) is 39.9 Å². The van der Waals surface area contributed by atoms with Crippen molar-refractivity contribution in [1.82, 2.24) is 9.80 Å². The van der Waals surface area contributed by atoms with Crippen LogP contribution < -0.4 is 4.74 Å².